The van der Waals surface area contributed by atoms with Crippen LogP contribution in [0.25, 0.3) is 16.8 Å². The van der Waals surface area contributed by atoms with Gasteiger partial charge in [0.05, 0.1) is 20.0 Å². The number of fused-ring (bicyclic) bond motifs is 1. The minimum atomic E-state index is -0.521. The lowest BCUT2D eigenvalue weighted by Gasteiger charge is -2.13. The van der Waals surface area contributed by atoms with E-state index in [1.807, 2.05) is 60.7 Å². The first-order valence-corrected chi connectivity index (χ1v) is 15.0. The maximum atomic E-state index is 13.5. The van der Waals surface area contributed by atoms with Crippen molar-refractivity contribution < 1.29 is 23.9 Å². The average molecular weight is 618 g/mol. The maximum absolute atomic E-state index is 13.5. The predicted octanol–water partition coefficient (Wildman–Crippen LogP) is 7.00. The quantitative estimate of drug-likeness (QED) is 0.109. The van der Waals surface area contributed by atoms with Crippen LogP contribution in [0.1, 0.15) is 15.9 Å². The summed E-state index contributed by atoms with van der Waals surface area (Å²) >= 11 is 1.38. The first kappa shape index (κ1) is 30.9. The number of benzene rings is 5. The number of hydrogen-bond donors (Lipinski definition) is 3. The van der Waals surface area contributed by atoms with Crippen molar-refractivity contribution in [2.75, 3.05) is 30.6 Å². The van der Waals surface area contributed by atoms with Crippen LogP contribution in [0.15, 0.2) is 126 Å². The van der Waals surface area contributed by atoms with E-state index in [1.165, 1.54) is 18.9 Å². The summed E-state index contributed by atoms with van der Waals surface area (Å²) in [5.74, 6) is 0.209. The molecular weight excluding hydrogens is 586 g/mol. The van der Waals surface area contributed by atoms with Crippen LogP contribution in [0, 0.1) is 0 Å². The second kappa shape index (κ2) is 14.8. The van der Waals surface area contributed by atoms with Crippen LogP contribution in [0.2, 0.25) is 0 Å². The maximum Gasteiger partial charge on any atom is 0.272 e. The molecule has 0 heterocycles. The summed E-state index contributed by atoms with van der Waals surface area (Å²) < 4.78 is 10.8. The smallest absolute Gasteiger partial charge is 0.272 e. The number of ether oxygens (including phenoxy) is 2. The van der Waals surface area contributed by atoms with Gasteiger partial charge in [0.1, 0.15) is 17.2 Å². The molecule has 0 bridgehead atoms. The highest BCUT2D eigenvalue weighted by atomic mass is 32.2. The van der Waals surface area contributed by atoms with E-state index in [1.54, 1.807) is 67.8 Å². The van der Waals surface area contributed by atoms with E-state index in [9.17, 15) is 14.4 Å². The molecule has 0 aliphatic heterocycles. The fourth-order valence-electron chi connectivity index (χ4n) is 4.54. The standard InChI is InChI=1S/C36H31N3O5S/c1-43-28-18-15-26(33(22-28)44-2)21-32(39-35(41)25-10-4-3-5-11-25)36(42)37-27-16-19-29(20-17-27)45-23-34(40)38-31-14-8-12-24-9-6-7-13-30(24)31/h3-22H,23H2,1-2H3,(H,37,42)(H,38,40)(H,39,41)/b32-21-. The Morgan fingerprint density at radius 2 is 1.49 bits per heavy atom. The highest BCUT2D eigenvalue weighted by Gasteiger charge is 2.17. The molecule has 5 rings (SSSR count). The molecule has 3 amide bonds. The van der Waals surface area contributed by atoms with Crippen LogP contribution in [0.4, 0.5) is 11.4 Å². The van der Waals surface area contributed by atoms with Gasteiger partial charge in [0.25, 0.3) is 11.8 Å². The van der Waals surface area contributed by atoms with Crippen molar-refractivity contribution in [3.63, 3.8) is 0 Å². The number of carbonyl (C=O) groups excluding carboxylic acids is 3. The minimum Gasteiger partial charge on any atom is -0.497 e. The van der Waals surface area contributed by atoms with Crippen molar-refractivity contribution in [2.45, 2.75) is 4.90 Å². The molecule has 5 aromatic rings. The highest BCUT2D eigenvalue weighted by molar-refractivity contribution is 8.00. The molecule has 0 fully saturated rings. The van der Waals surface area contributed by atoms with E-state index in [0.29, 0.717) is 28.3 Å². The Morgan fingerprint density at radius 1 is 0.756 bits per heavy atom. The summed E-state index contributed by atoms with van der Waals surface area (Å²) in [4.78, 5) is 40.0. The summed E-state index contributed by atoms with van der Waals surface area (Å²) in [6.07, 6.45) is 1.55. The Bertz CT molecular complexity index is 1850. The zero-order chi connectivity index (χ0) is 31.6. The number of thioether (sulfide) groups is 1. The highest BCUT2D eigenvalue weighted by Crippen LogP contribution is 2.27. The van der Waals surface area contributed by atoms with Crippen molar-refractivity contribution in [3.8, 4) is 11.5 Å². The van der Waals surface area contributed by atoms with Crippen molar-refractivity contribution in [3.05, 3.63) is 132 Å². The van der Waals surface area contributed by atoms with Crippen LogP contribution in [-0.2, 0) is 9.59 Å². The molecule has 3 N–H and O–H groups in total. The monoisotopic (exact) mass is 617 g/mol. The summed E-state index contributed by atoms with van der Waals surface area (Å²) in [6.45, 7) is 0. The topological polar surface area (TPSA) is 106 Å². The zero-order valence-corrected chi connectivity index (χ0v) is 25.5. The lowest BCUT2D eigenvalue weighted by atomic mass is 10.1. The van der Waals surface area contributed by atoms with Crippen LogP contribution in [0.3, 0.4) is 0 Å². The molecule has 0 aliphatic rings. The van der Waals surface area contributed by atoms with Gasteiger partial charge < -0.3 is 25.4 Å². The van der Waals surface area contributed by atoms with Gasteiger partial charge in [0.2, 0.25) is 5.91 Å². The third kappa shape index (κ3) is 8.10. The second-order valence-corrected chi connectivity index (χ2v) is 10.9. The third-order valence-electron chi connectivity index (χ3n) is 6.82. The lowest BCUT2D eigenvalue weighted by molar-refractivity contribution is -0.114. The molecular formula is C36H31N3O5S. The number of anilines is 2. The van der Waals surface area contributed by atoms with Crippen LogP contribution in [-0.4, -0.2) is 37.7 Å². The second-order valence-electron chi connectivity index (χ2n) is 9.83. The molecule has 0 spiro atoms. The van der Waals surface area contributed by atoms with E-state index in [2.05, 4.69) is 16.0 Å². The molecule has 0 unspecified atom stereocenters. The Balaban J connectivity index is 1.26. The molecule has 0 aliphatic carbocycles. The minimum absolute atomic E-state index is 0.0240. The van der Waals surface area contributed by atoms with Gasteiger partial charge in [-0.25, -0.2) is 0 Å². The van der Waals surface area contributed by atoms with Crippen LogP contribution < -0.4 is 25.4 Å². The average Bonchev–Trinajstić information content (AvgIpc) is 3.08. The third-order valence-corrected chi connectivity index (χ3v) is 7.83. The van der Waals surface area contributed by atoms with E-state index >= 15 is 0 Å². The number of rotatable bonds is 11. The molecule has 0 aromatic heterocycles. The first-order chi connectivity index (χ1) is 21.9. The summed E-state index contributed by atoms with van der Waals surface area (Å²) in [5.41, 5.74) is 2.29. The number of nitrogens with one attached hydrogen (secondary N) is 3. The molecule has 0 saturated heterocycles. The van der Waals surface area contributed by atoms with Crippen molar-refractivity contribution in [2.24, 2.45) is 0 Å². The summed E-state index contributed by atoms with van der Waals surface area (Å²) in [7, 11) is 3.06. The molecule has 226 valence electrons. The SMILES string of the molecule is COc1ccc(/C=C(\NC(=O)c2ccccc2)C(=O)Nc2ccc(SCC(=O)Nc3cccc4ccccc34)cc2)c(OC)c1. The number of methoxy groups -OCH3 is 2. The van der Waals surface area contributed by atoms with Crippen LogP contribution in [0.5, 0.6) is 11.5 Å². The van der Waals surface area contributed by atoms with Gasteiger partial charge in [-0.05, 0) is 66.1 Å². The molecule has 0 atom stereocenters. The molecule has 8 nitrogen and oxygen atoms in total. The molecule has 45 heavy (non-hydrogen) atoms. The number of hydrogen-bond acceptors (Lipinski definition) is 6. The lowest BCUT2D eigenvalue weighted by Crippen LogP contribution is -2.30. The van der Waals surface area contributed by atoms with E-state index in [-0.39, 0.29) is 17.4 Å². The predicted molar refractivity (Wildman–Crippen MR) is 180 cm³/mol. The zero-order valence-electron chi connectivity index (χ0n) is 24.7. The van der Waals surface area contributed by atoms with Gasteiger partial charge in [-0.2, -0.15) is 0 Å². The Kier molecular flexibility index (Phi) is 10.1. The molecule has 0 radical (unpaired) electrons. The number of carbonyl (C=O) groups is 3. The van der Waals surface area contributed by atoms with E-state index in [0.717, 1.165) is 21.4 Å². The Hall–Kier alpha value is -5.54. The van der Waals surface area contributed by atoms with Gasteiger partial charge in [-0.3, -0.25) is 14.4 Å². The molecule has 0 saturated carbocycles. The summed E-state index contributed by atoms with van der Waals surface area (Å²) in [5, 5.41) is 10.6. The normalized spacial score (nSPS) is 11.0. The van der Waals surface area contributed by atoms with Gasteiger partial charge in [-0.1, -0.05) is 54.6 Å². The summed E-state index contributed by atoms with van der Waals surface area (Å²) in [6, 6.07) is 34.6. The number of amides is 3. The van der Waals surface area contributed by atoms with Crippen molar-refractivity contribution in [1.29, 1.82) is 0 Å². The fraction of sp³-hybridized carbons (Fsp3) is 0.0833. The van der Waals surface area contributed by atoms with Gasteiger partial charge >= 0.3 is 0 Å². The molecule has 5 aromatic carbocycles. The van der Waals surface area contributed by atoms with Crippen molar-refractivity contribution >= 4 is 57.7 Å². The fourth-order valence-corrected chi connectivity index (χ4v) is 5.24. The Morgan fingerprint density at radius 3 is 2.24 bits per heavy atom. The Labute approximate surface area is 265 Å². The van der Waals surface area contributed by atoms with Crippen molar-refractivity contribution in [1.82, 2.24) is 5.32 Å². The molecule has 9 heteroatoms. The van der Waals surface area contributed by atoms with Crippen LogP contribution >= 0.6 is 11.8 Å². The van der Waals surface area contributed by atoms with E-state index in [4.69, 9.17) is 9.47 Å². The van der Waals surface area contributed by atoms with E-state index < -0.39 is 11.8 Å². The van der Waals surface area contributed by atoms with Gasteiger partial charge in [0, 0.05) is 38.8 Å². The van der Waals surface area contributed by atoms with Gasteiger partial charge in [0.15, 0.2) is 0 Å². The largest absolute Gasteiger partial charge is 0.497 e. The first-order valence-electron chi connectivity index (χ1n) is 14.1. The van der Waals surface area contributed by atoms with Gasteiger partial charge in [-0.15, -0.1) is 11.8 Å².